The van der Waals surface area contributed by atoms with Crippen molar-refractivity contribution in [1.29, 1.82) is 5.26 Å². The molecule has 10 fully saturated rings. The minimum absolute atomic E-state index is 0.0286. The van der Waals surface area contributed by atoms with E-state index in [2.05, 4.69) is 95.8 Å². The molecule has 35 nitrogen and oxygen atoms in total. The van der Waals surface area contributed by atoms with Gasteiger partial charge in [0.05, 0.1) is 44.3 Å². The van der Waals surface area contributed by atoms with Crippen LogP contribution >= 0.6 is 0 Å². The summed E-state index contributed by atoms with van der Waals surface area (Å²) in [5, 5.41) is 146. The SMILES string of the molecule is CC1(C)CC(C#N)CC(C)(C)N1O.CC1(C)CC(C(=O)O)CC(C)(C)N1O.CC1(C)CC(N)CC(C)(C)N1O.CC1(C)CC(O)CC(C)(C)N1O.CC1(C)CCCC(C)(C)N1O.CN(C)C1CC(C)(C)N(O)C(C)(C)C1.CNC(=O)OC1CC(C)(C)N(O)C(C)(C)C1.COC(=O)C1CC(C)(C)N(O)C(C)(C)C1.COC(=O)NC1CC(C)(C)N(O)C(C)(C)C1.COC1CC(C)(C)N(O)C(C)(C)C1. The minimum Gasteiger partial charge on any atom is -0.481 e. The lowest BCUT2D eigenvalue weighted by molar-refractivity contribution is -0.259. The summed E-state index contributed by atoms with van der Waals surface area (Å²) >= 11 is 0. The molecule has 10 rings (SSSR count). The summed E-state index contributed by atoms with van der Waals surface area (Å²) in [6.45, 7) is 79.5. The Morgan fingerprint density at radius 3 is 0.831 bits per heavy atom. The number of carboxylic acids is 1. The number of hydrogen-bond donors (Lipinski definition) is 15. The van der Waals surface area contributed by atoms with Gasteiger partial charge >= 0.3 is 24.1 Å². The summed E-state index contributed by atoms with van der Waals surface area (Å²) in [7, 11) is 10.3. The molecule has 0 aromatic carbocycles. The summed E-state index contributed by atoms with van der Waals surface area (Å²) in [4.78, 5) is 47.1. The standard InChI is InChI=1S/2C11H22N2O3.C11H24N2O.C11H21NO3.C10H18N2O.C10H19NO3.C10H21NO2.C9H20N2O.C9H19NO2.C9H19NO/c1-10(2)6-8(12-9(14)16-5)7-11(3,4)13(10)15;1-10(2)6-8(16-9(14)12-5)7-11(3,4)13(10)15;1-10(2)7-9(12(5)6)8-11(3,4)13(10)14;1-10(2)6-8(9(13)15-5)7-11(3,4)12(10)14;1-9(2)5-8(7-11)6-10(3,4)12(9)13;1-9(2)5-7(8(12)13)6-10(3,4)11(9)14;1-9(2)6-8(13-5)7-10(3,4)11(9)12;1-8(2)5-7(10)6-9(3,4)11(8)12;1-8(2)5-7(11)6-9(3,4)10(8)12;1-8(2)6-5-7-9(3,4)10(8)11/h2*8,15H,6-7H2,1-5H3,(H,12,14);9,14H,7-8H2,1-6H3;8,14H,6-7H2,1-5H3;8,13H,5-6H2,1-4H3;7,14H,5-6H2,1-4H3,(H,12,13);8,12H,6-7H2,1-5H3;7,12H,5-6,10H2,1-4H3;7,11-12H,5-6H2,1-4H3;11H,5-7H2,1-4H3. The van der Waals surface area contributed by atoms with Crippen molar-refractivity contribution in [2.45, 2.75) is 559 Å². The molecule has 0 bridgehead atoms. The van der Waals surface area contributed by atoms with E-state index in [1.165, 1.54) is 71.3 Å². The van der Waals surface area contributed by atoms with Crippen LogP contribution in [0.1, 0.15) is 412 Å². The van der Waals surface area contributed by atoms with Crippen molar-refractivity contribution in [1.82, 2.24) is 66.2 Å². The van der Waals surface area contributed by atoms with Gasteiger partial charge in [0.15, 0.2) is 0 Å². The average molecular weight is 1950 g/mol. The Morgan fingerprint density at radius 2 is 0.581 bits per heavy atom. The normalized spacial score (nSPS) is 27.9. The number of nitriles is 1. The van der Waals surface area contributed by atoms with Crippen LogP contribution in [0.15, 0.2) is 0 Å². The van der Waals surface area contributed by atoms with Gasteiger partial charge in [-0.05, 0) is 413 Å². The highest BCUT2D eigenvalue weighted by molar-refractivity contribution is 5.73. The van der Waals surface area contributed by atoms with Crippen molar-refractivity contribution >= 4 is 24.1 Å². The van der Waals surface area contributed by atoms with Gasteiger partial charge in [-0.2, -0.15) is 55.9 Å². The van der Waals surface area contributed by atoms with Gasteiger partial charge in [0, 0.05) is 162 Å². The Bertz CT molecular complexity index is 3500. The number of hydroxylamine groups is 20. The number of piperidine rings is 10. The first kappa shape index (κ1) is 130. The van der Waals surface area contributed by atoms with Gasteiger partial charge in [0.1, 0.15) is 6.10 Å². The number of ether oxygens (including phenoxy) is 4. The zero-order chi connectivity index (χ0) is 108. The summed E-state index contributed by atoms with van der Waals surface area (Å²) in [5.41, 5.74) is 0.392. The Kier molecular flexibility index (Phi) is 45.4. The second kappa shape index (κ2) is 47.5. The molecule has 10 aliphatic rings. The van der Waals surface area contributed by atoms with Crippen LogP contribution in [-0.4, -0.2) is 332 Å². The number of carbonyl (C=O) groups is 4. The van der Waals surface area contributed by atoms with Gasteiger partial charge in [0.2, 0.25) is 0 Å². The van der Waals surface area contributed by atoms with Crippen molar-refractivity contribution < 1.29 is 100 Å². The molecule has 0 aromatic heterocycles. The average Bonchev–Trinajstić information content (AvgIpc) is 0.766. The number of carbonyl (C=O) groups excluding carboxylic acids is 3. The third-order valence-corrected chi connectivity index (χ3v) is 29.5. The maximum absolute atomic E-state index is 11.5. The largest absolute Gasteiger partial charge is 0.481 e. The van der Waals surface area contributed by atoms with E-state index in [4.69, 9.17) is 30.3 Å². The number of methoxy groups -OCH3 is 3. The first-order valence-corrected chi connectivity index (χ1v) is 49.4. The molecule has 0 radical (unpaired) electrons. The van der Waals surface area contributed by atoms with E-state index in [-0.39, 0.29) is 154 Å². The molecule has 10 saturated heterocycles. The molecule has 804 valence electrons. The van der Waals surface area contributed by atoms with E-state index in [1.807, 2.05) is 222 Å². The molecule has 0 unspecified atom stereocenters. The van der Waals surface area contributed by atoms with Crippen LogP contribution < -0.4 is 16.4 Å². The first-order chi connectivity index (χ1) is 60.4. The van der Waals surface area contributed by atoms with Crippen molar-refractivity contribution in [2.75, 3.05) is 42.5 Å². The topological polar surface area (TPSA) is 457 Å². The summed E-state index contributed by atoms with van der Waals surface area (Å²) in [5.74, 6) is -1.36. The maximum Gasteiger partial charge on any atom is 0.407 e. The molecule has 16 N–H and O–H groups in total. The van der Waals surface area contributed by atoms with Crippen LogP contribution in [0.5, 0.6) is 0 Å². The third-order valence-electron chi connectivity index (χ3n) is 29.5. The fraction of sp³-hybridized carbons (Fsp3) is 0.950. The van der Waals surface area contributed by atoms with Crippen LogP contribution in [0.4, 0.5) is 9.59 Å². The quantitative estimate of drug-likeness (QED) is 0.0867. The predicted octanol–water partition coefficient (Wildman–Crippen LogP) is 18.4. The van der Waals surface area contributed by atoms with Crippen LogP contribution in [0, 0.1) is 29.1 Å². The van der Waals surface area contributed by atoms with Crippen LogP contribution in [0.25, 0.3) is 0 Å². The number of esters is 1. The number of aliphatic carboxylic acids is 1. The van der Waals surface area contributed by atoms with E-state index in [1.54, 1.807) is 14.2 Å². The number of hydrogen-bond acceptors (Lipinski definition) is 32. The highest BCUT2D eigenvalue weighted by atomic mass is 16.6. The zero-order valence-electron chi connectivity index (χ0n) is 94.1. The van der Waals surface area contributed by atoms with Crippen molar-refractivity contribution in [3.63, 3.8) is 0 Å². The van der Waals surface area contributed by atoms with Gasteiger partial charge in [-0.15, -0.1) is 0 Å². The highest BCUT2D eigenvalue weighted by Gasteiger charge is 2.55. The number of aliphatic hydroxyl groups is 1. The second-order valence-electron chi connectivity index (χ2n) is 53.5. The lowest BCUT2D eigenvalue weighted by Gasteiger charge is -2.52. The van der Waals surface area contributed by atoms with Gasteiger partial charge < -0.3 is 103 Å². The van der Waals surface area contributed by atoms with Gasteiger partial charge in [-0.3, -0.25) is 9.59 Å². The zero-order valence-corrected chi connectivity index (χ0v) is 94.1. The molecule has 0 atom stereocenters. The van der Waals surface area contributed by atoms with Crippen LogP contribution in [0.2, 0.25) is 0 Å². The van der Waals surface area contributed by atoms with Crippen molar-refractivity contribution in [3.8, 4) is 6.07 Å². The number of amides is 2. The molecule has 0 saturated carbocycles. The number of rotatable bonds is 6. The Morgan fingerprint density at radius 1 is 0.338 bits per heavy atom. The minimum atomic E-state index is -0.765. The molecule has 10 heterocycles. The Hall–Kier alpha value is -3.99. The van der Waals surface area contributed by atoms with Gasteiger partial charge in [-0.25, -0.2) is 9.59 Å². The maximum atomic E-state index is 11.5. The van der Waals surface area contributed by atoms with E-state index >= 15 is 0 Å². The van der Waals surface area contributed by atoms with Gasteiger partial charge in [0.25, 0.3) is 0 Å². The Labute approximate surface area is 823 Å². The number of carboxylic acid groups (broad SMARTS) is 1. The summed E-state index contributed by atoms with van der Waals surface area (Å²) in [6, 6.07) is 3.09. The monoisotopic (exact) mass is 1950 g/mol. The molecule has 35 heteroatoms. The molecule has 136 heavy (non-hydrogen) atoms. The van der Waals surface area contributed by atoms with Gasteiger partial charge in [-0.1, -0.05) is 0 Å². The predicted molar refractivity (Wildman–Crippen MR) is 531 cm³/mol. The lowest BCUT2D eigenvalue weighted by atomic mass is 9.75. The van der Waals surface area contributed by atoms with E-state index < -0.39 is 29.2 Å². The smallest absolute Gasteiger partial charge is 0.407 e. The van der Waals surface area contributed by atoms with E-state index in [0.29, 0.717) is 70.3 Å². The highest BCUT2D eigenvalue weighted by Crippen LogP contribution is 2.47. The van der Waals surface area contributed by atoms with E-state index in [0.717, 1.165) is 64.2 Å². The molecule has 0 spiro atoms. The fourth-order valence-corrected chi connectivity index (χ4v) is 24.0. The third kappa shape index (κ3) is 36.3. The molecular weight excluding hydrogens is 1740 g/mol. The number of nitrogens with one attached hydrogen (secondary N) is 2. The summed E-state index contributed by atoms with van der Waals surface area (Å²) in [6.07, 6.45) is 15.5. The molecule has 10 aliphatic heterocycles. The summed E-state index contributed by atoms with van der Waals surface area (Å²) < 4.78 is 20.0. The van der Waals surface area contributed by atoms with Crippen molar-refractivity contribution in [3.05, 3.63) is 0 Å². The lowest BCUT2D eigenvalue weighted by Crippen LogP contribution is -2.62. The van der Waals surface area contributed by atoms with Crippen LogP contribution in [-0.2, 0) is 28.5 Å². The number of aliphatic hydroxyl groups excluding tert-OH is 1. The second-order valence-corrected chi connectivity index (χ2v) is 53.5. The number of nitrogens with zero attached hydrogens (tertiary/aromatic N) is 12. The molecule has 0 aliphatic carbocycles. The fourth-order valence-electron chi connectivity index (χ4n) is 24.0. The number of nitrogens with two attached hydrogens (primary N) is 1. The van der Waals surface area contributed by atoms with Crippen molar-refractivity contribution in [2.24, 2.45) is 23.5 Å². The van der Waals surface area contributed by atoms with E-state index in [9.17, 15) is 76.4 Å². The number of alkyl carbamates (subject to hydrolysis) is 2. The first-order valence-electron chi connectivity index (χ1n) is 49.4. The molecular formula is C101H205N15O20. The molecule has 0 aromatic rings. The molecule has 2 amide bonds. The Balaban J connectivity index is 0.000000757. The van der Waals surface area contributed by atoms with Crippen LogP contribution in [0.3, 0.4) is 0 Å².